The molecule has 0 fully saturated rings. The molecule has 0 aliphatic rings. The highest BCUT2D eigenvalue weighted by Crippen LogP contribution is 2.32. The van der Waals surface area contributed by atoms with Crippen LogP contribution in [0.15, 0.2) is 53.4 Å². The number of para-hydroxylation sites is 2. The van der Waals surface area contributed by atoms with E-state index in [4.69, 9.17) is 0 Å². The molecule has 0 saturated heterocycles. The fourth-order valence-electron chi connectivity index (χ4n) is 2.57. The Kier molecular flexibility index (Phi) is 6.20. The Hall–Kier alpha value is -2.61. The number of nitrogens with zero attached hydrogens (tertiary/aromatic N) is 1. The van der Waals surface area contributed by atoms with Crippen molar-refractivity contribution in [2.24, 2.45) is 5.92 Å². The largest absolute Gasteiger partial charge is 0.380 e. The van der Waals surface area contributed by atoms with Crippen LogP contribution < -0.4 is 10.6 Å². The number of hydrogen-bond donors (Lipinski definition) is 2. The molecule has 0 aliphatic carbocycles. The van der Waals surface area contributed by atoms with E-state index in [-0.39, 0.29) is 22.5 Å². The van der Waals surface area contributed by atoms with Gasteiger partial charge in [0.05, 0.1) is 4.92 Å². The number of nitro benzene ring substituents is 1. The molecule has 2 N–H and O–H groups in total. The summed E-state index contributed by atoms with van der Waals surface area (Å²) >= 11 is 0. The minimum atomic E-state index is -3.70. The average Bonchev–Trinajstić information content (AvgIpc) is 2.58. The monoisotopic (exact) mass is 377 g/mol. The van der Waals surface area contributed by atoms with E-state index >= 15 is 0 Å². The lowest BCUT2D eigenvalue weighted by molar-refractivity contribution is -0.386. The molecule has 0 radical (unpaired) electrons. The van der Waals surface area contributed by atoms with E-state index in [9.17, 15) is 18.5 Å². The zero-order valence-electron chi connectivity index (χ0n) is 15.0. The molecule has 0 saturated carbocycles. The second-order valence-corrected chi connectivity index (χ2v) is 8.41. The molecule has 1 atom stereocenters. The van der Waals surface area contributed by atoms with Gasteiger partial charge in [-0.1, -0.05) is 38.1 Å². The lowest BCUT2D eigenvalue weighted by Gasteiger charge is -2.24. The van der Waals surface area contributed by atoms with E-state index in [1.165, 1.54) is 18.2 Å². The number of nitro groups is 1. The molecule has 0 bridgehead atoms. The quantitative estimate of drug-likeness (QED) is 0.539. The fourth-order valence-corrected chi connectivity index (χ4v) is 3.44. The van der Waals surface area contributed by atoms with Crippen molar-refractivity contribution >= 4 is 26.9 Å². The van der Waals surface area contributed by atoms with Crippen LogP contribution in [0.4, 0.5) is 17.1 Å². The van der Waals surface area contributed by atoms with Crippen LogP contribution in [0.3, 0.4) is 0 Å². The van der Waals surface area contributed by atoms with E-state index in [2.05, 4.69) is 10.6 Å². The van der Waals surface area contributed by atoms with Gasteiger partial charge < -0.3 is 10.6 Å². The predicted molar refractivity (Wildman–Crippen MR) is 103 cm³/mol. The summed E-state index contributed by atoms with van der Waals surface area (Å²) in [6, 6.07) is 13.9. The molecule has 1 unspecified atom stereocenters. The van der Waals surface area contributed by atoms with Gasteiger partial charge in [-0.15, -0.1) is 0 Å². The van der Waals surface area contributed by atoms with Gasteiger partial charge in [0, 0.05) is 24.5 Å². The van der Waals surface area contributed by atoms with E-state index in [0.717, 1.165) is 11.9 Å². The van der Waals surface area contributed by atoms with Crippen LogP contribution >= 0.6 is 0 Å². The van der Waals surface area contributed by atoms with Crippen molar-refractivity contribution in [2.75, 3.05) is 23.4 Å². The SMILES string of the molecule is CC(C)C(CNc1cccc(S(C)(=O)=O)c1[N+](=O)[O-])Nc1ccccc1. The van der Waals surface area contributed by atoms with Crippen LogP contribution in [0.1, 0.15) is 13.8 Å². The van der Waals surface area contributed by atoms with E-state index in [1.54, 1.807) is 0 Å². The smallest absolute Gasteiger partial charge is 0.310 e. The molecule has 0 spiro atoms. The Balaban J connectivity index is 2.25. The molecule has 8 heteroatoms. The van der Waals surface area contributed by atoms with Crippen LogP contribution in [0.25, 0.3) is 0 Å². The highest BCUT2D eigenvalue weighted by Gasteiger charge is 2.26. The first-order chi connectivity index (χ1) is 12.2. The van der Waals surface area contributed by atoms with Crippen molar-refractivity contribution in [2.45, 2.75) is 24.8 Å². The molecule has 7 nitrogen and oxygen atoms in total. The van der Waals surface area contributed by atoms with Gasteiger partial charge in [0.2, 0.25) is 0 Å². The molecule has 2 aromatic rings. The summed E-state index contributed by atoms with van der Waals surface area (Å²) in [5, 5.41) is 17.9. The van der Waals surface area contributed by atoms with Gasteiger partial charge in [0.15, 0.2) is 9.84 Å². The third-order valence-electron chi connectivity index (χ3n) is 4.02. The van der Waals surface area contributed by atoms with Crippen molar-refractivity contribution in [3.05, 3.63) is 58.6 Å². The van der Waals surface area contributed by atoms with E-state index < -0.39 is 20.4 Å². The van der Waals surface area contributed by atoms with Gasteiger partial charge in [-0.25, -0.2) is 8.42 Å². The summed E-state index contributed by atoms with van der Waals surface area (Å²) in [4.78, 5) is 10.5. The number of anilines is 2. The summed E-state index contributed by atoms with van der Waals surface area (Å²) in [6.07, 6.45) is 0.965. The average molecular weight is 377 g/mol. The molecule has 140 valence electrons. The Bertz CT molecular complexity index is 867. The fraction of sp³-hybridized carbons (Fsp3) is 0.333. The van der Waals surface area contributed by atoms with Crippen molar-refractivity contribution in [1.29, 1.82) is 0 Å². The van der Waals surface area contributed by atoms with Crippen molar-refractivity contribution in [3.8, 4) is 0 Å². The van der Waals surface area contributed by atoms with Crippen molar-refractivity contribution < 1.29 is 13.3 Å². The number of rotatable bonds is 8. The Morgan fingerprint density at radius 1 is 1.08 bits per heavy atom. The molecule has 0 aliphatic heterocycles. The van der Waals surface area contributed by atoms with Gasteiger partial charge in [0.1, 0.15) is 10.6 Å². The number of sulfone groups is 1. The molecular formula is C18H23N3O4S. The lowest BCUT2D eigenvalue weighted by Crippen LogP contribution is -2.33. The molecule has 0 heterocycles. The van der Waals surface area contributed by atoms with Gasteiger partial charge in [-0.2, -0.15) is 0 Å². The minimum absolute atomic E-state index is 0.00102. The highest BCUT2D eigenvalue weighted by atomic mass is 32.2. The van der Waals surface area contributed by atoms with Crippen molar-refractivity contribution in [3.63, 3.8) is 0 Å². The van der Waals surface area contributed by atoms with Crippen LogP contribution in [0.2, 0.25) is 0 Å². The standard InChI is InChI=1S/C18H23N3O4S/c1-13(2)16(20-14-8-5-4-6-9-14)12-19-15-10-7-11-17(26(3,24)25)18(15)21(22)23/h4-11,13,16,19-20H,12H2,1-3H3. The Morgan fingerprint density at radius 2 is 1.73 bits per heavy atom. The lowest BCUT2D eigenvalue weighted by atomic mass is 10.0. The minimum Gasteiger partial charge on any atom is -0.380 e. The third kappa shape index (κ3) is 4.95. The summed E-state index contributed by atoms with van der Waals surface area (Å²) < 4.78 is 23.7. The predicted octanol–water partition coefficient (Wildman–Crippen LogP) is 3.55. The van der Waals surface area contributed by atoms with Crippen LogP contribution in [-0.4, -0.2) is 32.2 Å². The van der Waals surface area contributed by atoms with E-state index in [0.29, 0.717) is 6.54 Å². The Morgan fingerprint density at radius 3 is 2.27 bits per heavy atom. The van der Waals surface area contributed by atoms with Crippen LogP contribution in [0, 0.1) is 16.0 Å². The molecule has 0 aromatic heterocycles. The maximum Gasteiger partial charge on any atom is 0.310 e. The topological polar surface area (TPSA) is 101 Å². The molecule has 2 rings (SSSR count). The van der Waals surface area contributed by atoms with Gasteiger partial charge in [-0.3, -0.25) is 10.1 Å². The van der Waals surface area contributed by atoms with Crippen LogP contribution in [0.5, 0.6) is 0 Å². The molecule has 26 heavy (non-hydrogen) atoms. The second kappa shape index (κ2) is 8.18. The first-order valence-electron chi connectivity index (χ1n) is 8.23. The van der Waals surface area contributed by atoms with Gasteiger partial charge in [0.25, 0.3) is 0 Å². The van der Waals surface area contributed by atoms with Crippen molar-refractivity contribution in [1.82, 2.24) is 0 Å². The summed E-state index contributed by atoms with van der Waals surface area (Å²) in [6.45, 7) is 4.49. The maximum absolute atomic E-state index is 11.9. The molecular weight excluding hydrogens is 354 g/mol. The third-order valence-corrected chi connectivity index (χ3v) is 5.15. The second-order valence-electron chi connectivity index (χ2n) is 6.42. The first kappa shape index (κ1) is 19.7. The van der Waals surface area contributed by atoms with E-state index in [1.807, 2.05) is 44.2 Å². The summed E-state index contributed by atoms with van der Waals surface area (Å²) in [7, 11) is -3.70. The summed E-state index contributed by atoms with van der Waals surface area (Å²) in [5.74, 6) is 0.250. The number of nitrogens with one attached hydrogen (secondary N) is 2. The Labute approximate surface area is 153 Å². The molecule has 2 aromatic carbocycles. The maximum atomic E-state index is 11.9. The number of benzene rings is 2. The normalized spacial score (nSPS) is 12.6. The number of hydrogen-bond acceptors (Lipinski definition) is 6. The zero-order valence-corrected chi connectivity index (χ0v) is 15.8. The molecule has 0 amide bonds. The first-order valence-corrected chi connectivity index (χ1v) is 10.1. The highest BCUT2D eigenvalue weighted by molar-refractivity contribution is 7.90. The van der Waals surface area contributed by atoms with Gasteiger partial charge in [-0.05, 0) is 30.2 Å². The summed E-state index contributed by atoms with van der Waals surface area (Å²) in [5.41, 5.74) is 0.725. The zero-order chi connectivity index (χ0) is 19.3. The van der Waals surface area contributed by atoms with Crippen LogP contribution in [-0.2, 0) is 9.84 Å². The van der Waals surface area contributed by atoms with Gasteiger partial charge >= 0.3 is 5.69 Å².